The Morgan fingerprint density at radius 2 is 1.50 bits per heavy atom. The van der Waals surface area contributed by atoms with Gasteiger partial charge in [0, 0.05) is 13.1 Å². The quantitative estimate of drug-likeness (QED) is 0.571. The molecule has 1 saturated heterocycles. The van der Waals surface area contributed by atoms with Crippen molar-refractivity contribution in [3.8, 4) is 0 Å². The molecule has 0 radical (unpaired) electrons. The summed E-state index contributed by atoms with van der Waals surface area (Å²) in [5.41, 5.74) is 4.46. The van der Waals surface area contributed by atoms with Gasteiger partial charge in [-0.3, -0.25) is 4.90 Å². The van der Waals surface area contributed by atoms with Crippen LogP contribution in [0, 0.1) is 12.8 Å². The molecule has 144 valence electrons. The number of likely N-dealkylation sites (tertiary alicyclic amines) is 1. The van der Waals surface area contributed by atoms with E-state index in [0.29, 0.717) is 0 Å². The van der Waals surface area contributed by atoms with Crippen LogP contribution in [0.2, 0.25) is 0 Å². The molecule has 1 nitrogen and oxygen atoms in total. The summed E-state index contributed by atoms with van der Waals surface area (Å²) in [4.78, 5) is 2.54. The second-order valence-electron chi connectivity index (χ2n) is 8.23. The van der Waals surface area contributed by atoms with Gasteiger partial charge >= 0.3 is 0 Å². The van der Waals surface area contributed by atoms with Gasteiger partial charge in [0.1, 0.15) is 0 Å². The van der Waals surface area contributed by atoms with Crippen LogP contribution in [-0.4, -0.2) is 18.0 Å². The Morgan fingerprint density at radius 3 is 1.96 bits per heavy atom. The van der Waals surface area contributed by atoms with Gasteiger partial charge in [-0.25, -0.2) is 0 Å². The fourth-order valence-electron chi connectivity index (χ4n) is 3.07. The molecule has 0 amide bonds. The minimum Gasteiger partial charge on any atom is -0.299 e. The van der Waals surface area contributed by atoms with Crippen LogP contribution in [0.15, 0.2) is 54.6 Å². The van der Waals surface area contributed by atoms with Crippen LogP contribution in [0.25, 0.3) is 0 Å². The van der Waals surface area contributed by atoms with Gasteiger partial charge in [-0.1, -0.05) is 102 Å². The van der Waals surface area contributed by atoms with Crippen molar-refractivity contribution in [3.63, 3.8) is 0 Å². The van der Waals surface area contributed by atoms with Gasteiger partial charge in [0.05, 0.1) is 0 Å². The van der Waals surface area contributed by atoms with Gasteiger partial charge in [0.15, 0.2) is 0 Å². The summed E-state index contributed by atoms with van der Waals surface area (Å²) in [6.07, 6.45) is 1.37. The first-order valence-electron chi connectivity index (χ1n) is 10.2. The molecule has 0 aliphatic carbocycles. The van der Waals surface area contributed by atoms with Crippen molar-refractivity contribution in [2.45, 2.75) is 66.8 Å². The van der Waals surface area contributed by atoms with Crippen molar-refractivity contribution < 1.29 is 0 Å². The molecule has 0 aromatic heterocycles. The molecule has 1 atom stereocenters. The Hall–Kier alpha value is -1.60. The largest absolute Gasteiger partial charge is 0.299 e. The first-order valence-corrected chi connectivity index (χ1v) is 10.2. The second kappa shape index (κ2) is 11.2. The molecule has 2 aromatic carbocycles. The molecule has 1 fully saturated rings. The maximum atomic E-state index is 2.54. The van der Waals surface area contributed by atoms with Gasteiger partial charge in [-0.05, 0) is 42.3 Å². The maximum Gasteiger partial charge on any atom is 0.0233 e. The molecular formula is C25H39N. The fourth-order valence-corrected chi connectivity index (χ4v) is 3.07. The predicted molar refractivity (Wildman–Crippen MR) is 117 cm³/mol. The fraction of sp³-hybridized carbons (Fsp3) is 0.520. The third kappa shape index (κ3) is 8.19. The second-order valence-corrected chi connectivity index (χ2v) is 8.23. The average Bonchev–Trinajstić information content (AvgIpc) is 3.03. The molecule has 1 heteroatoms. The van der Waals surface area contributed by atoms with E-state index in [2.05, 4.69) is 94.1 Å². The number of hydrogen-bond acceptors (Lipinski definition) is 1. The van der Waals surface area contributed by atoms with E-state index < -0.39 is 0 Å². The van der Waals surface area contributed by atoms with Crippen LogP contribution in [0.1, 0.15) is 64.7 Å². The van der Waals surface area contributed by atoms with Crippen LogP contribution < -0.4 is 0 Å². The molecular weight excluding hydrogens is 314 g/mol. The molecule has 1 heterocycles. The molecule has 3 rings (SSSR count). The third-order valence-electron chi connectivity index (χ3n) is 4.67. The van der Waals surface area contributed by atoms with Crippen LogP contribution in [0.3, 0.4) is 0 Å². The van der Waals surface area contributed by atoms with E-state index in [-0.39, 0.29) is 5.41 Å². The monoisotopic (exact) mass is 353 g/mol. The topological polar surface area (TPSA) is 3.24 Å². The number of nitrogens with zero attached hydrogens (tertiary/aromatic N) is 1. The van der Waals surface area contributed by atoms with Gasteiger partial charge in [0.25, 0.3) is 0 Å². The van der Waals surface area contributed by atoms with Crippen molar-refractivity contribution in [1.29, 1.82) is 0 Å². The molecule has 0 N–H and O–H groups in total. The molecule has 0 spiro atoms. The van der Waals surface area contributed by atoms with Gasteiger partial charge in [-0.2, -0.15) is 0 Å². The first-order chi connectivity index (χ1) is 12.3. The first kappa shape index (κ1) is 22.4. The smallest absolute Gasteiger partial charge is 0.0233 e. The van der Waals surface area contributed by atoms with Crippen LogP contribution in [0.5, 0.6) is 0 Å². The van der Waals surface area contributed by atoms with Crippen LogP contribution >= 0.6 is 0 Å². The summed E-state index contributed by atoms with van der Waals surface area (Å²) in [6, 6.07) is 19.5. The Bertz CT molecular complexity index is 592. The minimum atomic E-state index is 0.285. The normalized spacial score (nSPS) is 17.0. The lowest BCUT2D eigenvalue weighted by atomic mass is 9.87. The van der Waals surface area contributed by atoms with E-state index in [1.54, 1.807) is 0 Å². The number of benzene rings is 2. The van der Waals surface area contributed by atoms with Gasteiger partial charge in [-0.15, -0.1) is 0 Å². The van der Waals surface area contributed by atoms with E-state index in [0.717, 1.165) is 12.5 Å². The van der Waals surface area contributed by atoms with Crippen molar-refractivity contribution in [2.24, 2.45) is 5.92 Å². The summed E-state index contributed by atoms with van der Waals surface area (Å²) < 4.78 is 0. The van der Waals surface area contributed by atoms with E-state index in [1.807, 2.05) is 13.8 Å². The zero-order chi connectivity index (χ0) is 19.6. The highest BCUT2D eigenvalue weighted by Crippen LogP contribution is 2.21. The minimum absolute atomic E-state index is 0.285. The van der Waals surface area contributed by atoms with E-state index in [4.69, 9.17) is 0 Å². The number of aryl methyl sites for hydroxylation is 1. The highest BCUT2D eigenvalue weighted by atomic mass is 15.1. The lowest BCUT2D eigenvalue weighted by molar-refractivity contribution is 0.320. The Morgan fingerprint density at radius 1 is 0.923 bits per heavy atom. The summed E-state index contributed by atoms with van der Waals surface area (Å²) >= 11 is 0. The predicted octanol–water partition coefficient (Wildman–Crippen LogP) is 6.85. The lowest BCUT2D eigenvalue weighted by Gasteiger charge is -2.18. The van der Waals surface area contributed by atoms with Crippen molar-refractivity contribution >= 4 is 0 Å². The molecule has 1 aliphatic rings. The highest BCUT2D eigenvalue weighted by Gasteiger charge is 2.17. The zero-order valence-corrected chi connectivity index (χ0v) is 18.0. The molecule has 0 saturated carbocycles. The summed E-state index contributed by atoms with van der Waals surface area (Å²) in [6.45, 7) is 18.8. The zero-order valence-electron chi connectivity index (χ0n) is 18.0. The Kier molecular flexibility index (Phi) is 9.65. The van der Waals surface area contributed by atoms with Crippen molar-refractivity contribution in [1.82, 2.24) is 4.90 Å². The summed E-state index contributed by atoms with van der Waals surface area (Å²) in [5.74, 6) is 0.892. The Labute approximate surface area is 162 Å². The van der Waals surface area contributed by atoms with Gasteiger partial charge < -0.3 is 0 Å². The van der Waals surface area contributed by atoms with Crippen LogP contribution in [0.4, 0.5) is 0 Å². The maximum absolute atomic E-state index is 2.54. The average molecular weight is 354 g/mol. The van der Waals surface area contributed by atoms with Crippen molar-refractivity contribution in [2.75, 3.05) is 13.1 Å². The highest BCUT2D eigenvalue weighted by molar-refractivity contribution is 5.26. The van der Waals surface area contributed by atoms with E-state index in [1.165, 1.54) is 36.2 Å². The molecule has 0 bridgehead atoms. The number of rotatable bonds is 2. The third-order valence-corrected chi connectivity index (χ3v) is 4.67. The Balaban J connectivity index is 0.000000241. The molecule has 1 unspecified atom stereocenters. The van der Waals surface area contributed by atoms with Gasteiger partial charge in [0.2, 0.25) is 0 Å². The lowest BCUT2D eigenvalue weighted by Crippen LogP contribution is -2.19. The summed E-state index contributed by atoms with van der Waals surface area (Å²) in [7, 11) is 0. The molecule has 1 aliphatic heterocycles. The molecule has 26 heavy (non-hydrogen) atoms. The SMILES string of the molecule is CC.CC1CCN(Cc2ccccc2)C1.Cc1ccc(C(C)(C)C)cc1. The summed E-state index contributed by atoms with van der Waals surface area (Å²) in [5, 5.41) is 0. The van der Waals surface area contributed by atoms with E-state index in [9.17, 15) is 0 Å². The van der Waals surface area contributed by atoms with Crippen LogP contribution in [-0.2, 0) is 12.0 Å². The van der Waals surface area contributed by atoms with Crippen molar-refractivity contribution in [3.05, 3.63) is 71.3 Å². The number of hydrogen-bond donors (Lipinski definition) is 0. The molecule has 2 aromatic rings. The van der Waals surface area contributed by atoms with E-state index >= 15 is 0 Å². The standard InChI is InChI=1S/C12H17N.C11H16.C2H6/c1-11-7-8-13(9-11)10-12-5-3-2-4-6-12;1-9-5-7-10(8-6-9)11(2,3)4;1-2/h2-6,11H,7-10H2,1H3;5-8H,1-4H3;1-2H3.